The molecular formula is C12H22N6O2. The first kappa shape index (κ1) is 14.7. The molecule has 1 aromatic heterocycles. The Kier molecular flexibility index (Phi) is 3.96. The van der Waals surface area contributed by atoms with Crippen LogP contribution in [0.15, 0.2) is 0 Å². The molecule has 0 saturated carbocycles. The summed E-state index contributed by atoms with van der Waals surface area (Å²) >= 11 is 0. The summed E-state index contributed by atoms with van der Waals surface area (Å²) in [7, 11) is 3.69. The first-order valence-corrected chi connectivity index (χ1v) is 6.53. The number of aliphatic hydroxyl groups excluding tert-OH is 1. The third-order valence-electron chi connectivity index (χ3n) is 3.00. The van der Waals surface area contributed by atoms with Crippen molar-refractivity contribution in [1.82, 2.24) is 15.0 Å². The van der Waals surface area contributed by atoms with Gasteiger partial charge < -0.3 is 25.4 Å². The molecule has 1 aliphatic rings. The van der Waals surface area contributed by atoms with E-state index in [4.69, 9.17) is 10.5 Å². The molecule has 0 aromatic carbocycles. The van der Waals surface area contributed by atoms with Gasteiger partial charge >= 0.3 is 0 Å². The van der Waals surface area contributed by atoms with Crippen LogP contribution in [0.3, 0.4) is 0 Å². The summed E-state index contributed by atoms with van der Waals surface area (Å²) in [6.07, 6.45) is -0.264. The third kappa shape index (κ3) is 3.26. The standard InChI is InChI=1S/C12H22N6O2/c1-12(2)7-18(5-8(6-19)20-12)11-15-9(13)14-10(16-11)17(3)4/h8,19H,5-7H2,1-4H3,(H2,13,14,15,16). The molecule has 3 N–H and O–H groups in total. The van der Waals surface area contributed by atoms with E-state index >= 15 is 0 Å². The largest absolute Gasteiger partial charge is 0.394 e. The average Bonchev–Trinajstić information content (AvgIpc) is 2.36. The van der Waals surface area contributed by atoms with Gasteiger partial charge in [0.05, 0.1) is 18.3 Å². The van der Waals surface area contributed by atoms with E-state index in [-0.39, 0.29) is 24.3 Å². The van der Waals surface area contributed by atoms with Gasteiger partial charge in [-0.25, -0.2) is 0 Å². The van der Waals surface area contributed by atoms with Gasteiger partial charge in [0.25, 0.3) is 0 Å². The van der Waals surface area contributed by atoms with Gasteiger partial charge in [0, 0.05) is 27.2 Å². The van der Waals surface area contributed by atoms with Crippen molar-refractivity contribution in [3.63, 3.8) is 0 Å². The molecule has 1 atom stereocenters. The lowest BCUT2D eigenvalue weighted by Crippen LogP contribution is -2.54. The predicted octanol–water partition coefficient (Wildman–Crippen LogP) is -0.504. The summed E-state index contributed by atoms with van der Waals surface area (Å²) in [5.74, 6) is 1.21. The maximum absolute atomic E-state index is 9.35. The minimum absolute atomic E-state index is 0.0406. The van der Waals surface area contributed by atoms with E-state index in [1.807, 2.05) is 32.8 Å². The number of morpholine rings is 1. The molecule has 112 valence electrons. The van der Waals surface area contributed by atoms with Crippen LogP contribution < -0.4 is 15.5 Å². The maximum atomic E-state index is 9.35. The van der Waals surface area contributed by atoms with E-state index in [0.717, 1.165) is 0 Å². The van der Waals surface area contributed by atoms with Crippen LogP contribution in [0.4, 0.5) is 17.8 Å². The molecule has 1 aromatic rings. The third-order valence-corrected chi connectivity index (χ3v) is 3.00. The van der Waals surface area contributed by atoms with E-state index in [2.05, 4.69) is 15.0 Å². The predicted molar refractivity (Wildman–Crippen MR) is 76.8 cm³/mol. The highest BCUT2D eigenvalue weighted by atomic mass is 16.5. The Morgan fingerprint density at radius 3 is 2.70 bits per heavy atom. The molecular weight excluding hydrogens is 260 g/mol. The van der Waals surface area contributed by atoms with Crippen LogP contribution in [0.5, 0.6) is 0 Å². The van der Waals surface area contributed by atoms with Crippen LogP contribution in [0.25, 0.3) is 0 Å². The topological polar surface area (TPSA) is 101 Å². The molecule has 8 nitrogen and oxygen atoms in total. The monoisotopic (exact) mass is 282 g/mol. The molecule has 0 aliphatic carbocycles. The van der Waals surface area contributed by atoms with Crippen molar-refractivity contribution in [2.75, 3.05) is 49.3 Å². The number of anilines is 3. The van der Waals surface area contributed by atoms with Gasteiger partial charge in [0.1, 0.15) is 0 Å². The molecule has 1 unspecified atom stereocenters. The number of aromatic nitrogens is 3. The van der Waals surface area contributed by atoms with E-state index in [1.54, 1.807) is 4.90 Å². The van der Waals surface area contributed by atoms with Crippen LogP contribution in [0.1, 0.15) is 13.8 Å². The highest BCUT2D eigenvalue weighted by Gasteiger charge is 2.34. The Balaban J connectivity index is 2.30. The Labute approximate surface area is 118 Å². The fraction of sp³-hybridized carbons (Fsp3) is 0.750. The first-order valence-electron chi connectivity index (χ1n) is 6.53. The van der Waals surface area contributed by atoms with Crippen LogP contribution in [-0.4, -0.2) is 65.6 Å². The number of rotatable bonds is 3. The molecule has 2 rings (SSSR count). The van der Waals surface area contributed by atoms with Gasteiger partial charge in [0.15, 0.2) is 0 Å². The second-order valence-electron chi connectivity index (χ2n) is 5.75. The second kappa shape index (κ2) is 5.37. The number of hydrogen-bond donors (Lipinski definition) is 2. The van der Waals surface area contributed by atoms with Gasteiger partial charge in [-0.05, 0) is 13.8 Å². The van der Waals surface area contributed by atoms with Gasteiger partial charge in [-0.3, -0.25) is 0 Å². The number of nitrogen functional groups attached to an aromatic ring is 1. The van der Waals surface area contributed by atoms with Crippen molar-refractivity contribution >= 4 is 17.8 Å². The number of ether oxygens (including phenoxy) is 1. The van der Waals surface area contributed by atoms with Crippen LogP contribution >= 0.6 is 0 Å². The Hall–Kier alpha value is -1.67. The SMILES string of the molecule is CN(C)c1nc(N)nc(N2CC(CO)OC(C)(C)C2)n1. The van der Waals surface area contributed by atoms with Crippen molar-refractivity contribution in [2.45, 2.75) is 25.6 Å². The zero-order valence-corrected chi connectivity index (χ0v) is 12.4. The highest BCUT2D eigenvalue weighted by Crippen LogP contribution is 2.24. The molecule has 0 amide bonds. The quantitative estimate of drug-likeness (QED) is 0.765. The van der Waals surface area contributed by atoms with Crippen molar-refractivity contribution in [2.24, 2.45) is 0 Å². The smallest absolute Gasteiger partial charge is 0.232 e. The Morgan fingerprint density at radius 2 is 2.10 bits per heavy atom. The van der Waals surface area contributed by atoms with E-state index in [1.165, 1.54) is 0 Å². The molecule has 8 heteroatoms. The van der Waals surface area contributed by atoms with Crippen molar-refractivity contribution in [3.05, 3.63) is 0 Å². The van der Waals surface area contributed by atoms with Crippen LogP contribution in [0, 0.1) is 0 Å². The summed E-state index contributed by atoms with van der Waals surface area (Å²) in [6.45, 7) is 5.05. The zero-order valence-electron chi connectivity index (χ0n) is 12.4. The summed E-state index contributed by atoms with van der Waals surface area (Å²) in [4.78, 5) is 16.4. The lowest BCUT2D eigenvalue weighted by Gasteiger charge is -2.42. The van der Waals surface area contributed by atoms with E-state index < -0.39 is 0 Å². The normalized spacial score (nSPS) is 21.9. The molecule has 0 spiro atoms. The lowest BCUT2D eigenvalue weighted by atomic mass is 10.1. The van der Waals surface area contributed by atoms with E-state index in [9.17, 15) is 5.11 Å². The minimum atomic E-state index is -0.384. The Bertz CT molecular complexity index is 479. The molecule has 1 aliphatic heterocycles. The fourth-order valence-corrected chi connectivity index (χ4v) is 2.25. The van der Waals surface area contributed by atoms with Gasteiger partial charge in [0.2, 0.25) is 17.8 Å². The number of nitrogens with zero attached hydrogens (tertiary/aromatic N) is 5. The Morgan fingerprint density at radius 1 is 1.40 bits per heavy atom. The number of nitrogens with two attached hydrogens (primary N) is 1. The molecule has 1 saturated heterocycles. The average molecular weight is 282 g/mol. The summed E-state index contributed by atoms with van der Waals surface area (Å²) < 4.78 is 5.78. The maximum Gasteiger partial charge on any atom is 0.232 e. The molecule has 1 fully saturated rings. The van der Waals surface area contributed by atoms with Gasteiger partial charge in [-0.2, -0.15) is 15.0 Å². The van der Waals surface area contributed by atoms with E-state index in [0.29, 0.717) is 25.0 Å². The zero-order chi connectivity index (χ0) is 14.9. The fourth-order valence-electron chi connectivity index (χ4n) is 2.25. The summed E-state index contributed by atoms with van der Waals surface area (Å²) in [5, 5.41) is 9.35. The van der Waals surface area contributed by atoms with Crippen molar-refractivity contribution < 1.29 is 9.84 Å². The minimum Gasteiger partial charge on any atom is -0.394 e. The second-order valence-corrected chi connectivity index (χ2v) is 5.75. The van der Waals surface area contributed by atoms with Gasteiger partial charge in [-0.15, -0.1) is 0 Å². The number of aliphatic hydroxyl groups is 1. The first-order chi connectivity index (χ1) is 9.30. The number of hydrogen-bond acceptors (Lipinski definition) is 8. The lowest BCUT2D eigenvalue weighted by molar-refractivity contribution is -0.101. The van der Waals surface area contributed by atoms with Gasteiger partial charge in [-0.1, -0.05) is 0 Å². The van der Waals surface area contributed by atoms with Crippen LogP contribution in [0.2, 0.25) is 0 Å². The highest BCUT2D eigenvalue weighted by molar-refractivity contribution is 5.43. The summed E-state index contributed by atoms with van der Waals surface area (Å²) in [6, 6.07) is 0. The van der Waals surface area contributed by atoms with Crippen molar-refractivity contribution in [3.8, 4) is 0 Å². The summed E-state index contributed by atoms with van der Waals surface area (Å²) in [5.41, 5.74) is 5.36. The molecule has 2 heterocycles. The molecule has 20 heavy (non-hydrogen) atoms. The molecule has 0 radical (unpaired) electrons. The van der Waals surface area contributed by atoms with Crippen LogP contribution in [-0.2, 0) is 4.74 Å². The van der Waals surface area contributed by atoms with Crippen molar-refractivity contribution in [1.29, 1.82) is 0 Å². The molecule has 0 bridgehead atoms.